The third-order valence-corrected chi connectivity index (χ3v) is 4.41. The van der Waals surface area contributed by atoms with Crippen LogP contribution < -0.4 is 0 Å². The molecular weight excluding hydrogens is 302 g/mol. The minimum Gasteiger partial charge on any atom is -0.341 e. The molecule has 5 nitrogen and oxygen atoms in total. The van der Waals surface area contributed by atoms with Crippen molar-refractivity contribution < 1.29 is 9.47 Å². The normalized spacial score (nSPS) is 26.5. The Kier molecular flexibility index (Phi) is 3.67. The zero-order valence-corrected chi connectivity index (χ0v) is 13.5. The van der Waals surface area contributed by atoms with Crippen LogP contribution in [0.1, 0.15) is 18.1 Å². The summed E-state index contributed by atoms with van der Waals surface area (Å²) in [4.78, 5) is 0. The van der Waals surface area contributed by atoms with E-state index >= 15 is 0 Å². The van der Waals surface area contributed by atoms with Crippen LogP contribution in [0.5, 0.6) is 0 Å². The van der Waals surface area contributed by atoms with Crippen molar-refractivity contribution in [1.82, 2.24) is 15.0 Å². The molecule has 2 atom stereocenters. The molecular formula is C19H19N3O2. The Balaban J connectivity index is 1.73. The topological polar surface area (TPSA) is 49.2 Å². The van der Waals surface area contributed by atoms with Gasteiger partial charge in [0.25, 0.3) is 0 Å². The van der Waals surface area contributed by atoms with Crippen LogP contribution in [0, 0.1) is 0 Å². The predicted octanol–water partition coefficient (Wildman–Crippen LogP) is 3.09. The zero-order chi connectivity index (χ0) is 16.5. The molecule has 1 saturated heterocycles. The average molecular weight is 321 g/mol. The summed E-state index contributed by atoms with van der Waals surface area (Å²) in [7, 11) is 0. The Bertz CT molecular complexity index is 792. The molecule has 3 aromatic rings. The third-order valence-electron chi connectivity index (χ3n) is 4.41. The molecule has 0 N–H and O–H groups in total. The Labute approximate surface area is 140 Å². The highest BCUT2D eigenvalue weighted by molar-refractivity contribution is 5.26. The van der Waals surface area contributed by atoms with Gasteiger partial charge in [-0.25, -0.2) is 4.68 Å². The van der Waals surface area contributed by atoms with Crippen LogP contribution in [-0.4, -0.2) is 21.6 Å². The molecule has 0 bridgehead atoms. The van der Waals surface area contributed by atoms with E-state index in [1.54, 1.807) is 10.9 Å². The SMILES string of the molecule is CC1(c2ccccc2)COC(Cn2ccnn2)(c2ccccc2)O1. The van der Waals surface area contributed by atoms with Crippen LogP contribution in [0.2, 0.25) is 0 Å². The van der Waals surface area contributed by atoms with E-state index in [-0.39, 0.29) is 0 Å². The minimum atomic E-state index is -0.889. The van der Waals surface area contributed by atoms with Crippen LogP contribution in [0.25, 0.3) is 0 Å². The van der Waals surface area contributed by atoms with Crippen molar-refractivity contribution in [2.24, 2.45) is 0 Å². The number of nitrogens with zero attached hydrogens (tertiary/aromatic N) is 3. The molecule has 2 unspecified atom stereocenters. The maximum atomic E-state index is 6.57. The van der Waals surface area contributed by atoms with Crippen LogP contribution >= 0.6 is 0 Å². The van der Waals surface area contributed by atoms with Gasteiger partial charge in [-0.2, -0.15) is 0 Å². The molecule has 1 aliphatic rings. The van der Waals surface area contributed by atoms with Crippen LogP contribution in [0.3, 0.4) is 0 Å². The summed E-state index contributed by atoms with van der Waals surface area (Å²) in [5.74, 6) is -0.889. The minimum absolute atomic E-state index is 0.444. The van der Waals surface area contributed by atoms with E-state index < -0.39 is 11.4 Å². The van der Waals surface area contributed by atoms with Crippen molar-refractivity contribution in [2.75, 3.05) is 6.61 Å². The second-order valence-corrected chi connectivity index (χ2v) is 6.21. The number of benzene rings is 2. The molecule has 0 aliphatic carbocycles. The van der Waals surface area contributed by atoms with Crippen molar-refractivity contribution >= 4 is 0 Å². The number of hydrogen-bond donors (Lipinski definition) is 0. The number of rotatable bonds is 4. The molecule has 122 valence electrons. The van der Waals surface area contributed by atoms with Crippen molar-refractivity contribution in [3.8, 4) is 0 Å². The molecule has 2 aromatic carbocycles. The highest BCUT2D eigenvalue weighted by Crippen LogP contribution is 2.45. The van der Waals surface area contributed by atoms with Gasteiger partial charge in [-0.05, 0) is 12.5 Å². The maximum absolute atomic E-state index is 6.57. The van der Waals surface area contributed by atoms with Crippen molar-refractivity contribution in [2.45, 2.75) is 24.9 Å². The largest absolute Gasteiger partial charge is 0.341 e. The molecule has 0 spiro atoms. The molecule has 4 rings (SSSR count). The predicted molar refractivity (Wildman–Crippen MR) is 89.0 cm³/mol. The second kappa shape index (κ2) is 5.85. The first kappa shape index (κ1) is 15.1. The van der Waals surface area contributed by atoms with E-state index in [1.165, 1.54) is 0 Å². The Morgan fingerprint density at radius 3 is 2.29 bits per heavy atom. The zero-order valence-electron chi connectivity index (χ0n) is 13.5. The lowest BCUT2D eigenvalue weighted by Crippen LogP contribution is -2.36. The highest BCUT2D eigenvalue weighted by atomic mass is 16.8. The lowest BCUT2D eigenvalue weighted by molar-refractivity contribution is -0.206. The molecule has 5 heteroatoms. The van der Waals surface area contributed by atoms with Gasteiger partial charge in [0.15, 0.2) is 0 Å². The van der Waals surface area contributed by atoms with Gasteiger partial charge < -0.3 is 9.47 Å². The Morgan fingerprint density at radius 1 is 1.00 bits per heavy atom. The summed E-state index contributed by atoms with van der Waals surface area (Å²) < 4.78 is 14.6. The van der Waals surface area contributed by atoms with Crippen LogP contribution in [-0.2, 0) is 27.4 Å². The van der Waals surface area contributed by atoms with Gasteiger partial charge in [0.1, 0.15) is 12.1 Å². The summed E-state index contributed by atoms with van der Waals surface area (Å²) in [6, 6.07) is 20.2. The van der Waals surface area contributed by atoms with Gasteiger partial charge in [-0.1, -0.05) is 65.9 Å². The molecule has 24 heavy (non-hydrogen) atoms. The van der Waals surface area contributed by atoms with Crippen LogP contribution in [0.4, 0.5) is 0 Å². The molecule has 1 aliphatic heterocycles. The first-order chi connectivity index (χ1) is 11.7. The maximum Gasteiger partial charge on any atom is 0.216 e. The summed E-state index contributed by atoms with van der Waals surface area (Å²) in [5, 5.41) is 7.96. The fourth-order valence-corrected chi connectivity index (χ4v) is 3.14. The number of aromatic nitrogens is 3. The lowest BCUT2D eigenvalue weighted by atomic mass is 9.97. The van der Waals surface area contributed by atoms with Gasteiger partial charge in [0.2, 0.25) is 5.79 Å². The monoisotopic (exact) mass is 321 g/mol. The van der Waals surface area contributed by atoms with Gasteiger partial charge in [-0.3, -0.25) is 0 Å². The van der Waals surface area contributed by atoms with E-state index in [0.29, 0.717) is 13.2 Å². The Hall–Kier alpha value is -2.50. The molecule has 1 fully saturated rings. The quantitative estimate of drug-likeness (QED) is 0.741. The summed E-state index contributed by atoms with van der Waals surface area (Å²) in [6.45, 7) is 2.98. The van der Waals surface area contributed by atoms with Crippen molar-refractivity contribution in [1.29, 1.82) is 0 Å². The fraction of sp³-hybridized carbons (Fsp3) is 0.263. The fourth-order valence-electron chi connectivity index (χ4n) is 3.14. The second-order valence-electron chi connectivity index (χ2n) is 6.21. The van der Waals surface area contributed by atoms with E-state index in [4.69, 9.17) is 9.47 Å². The van der Waals surface area contributed by atoms with Gasteiger partial charge in [0, 0.05) is 11.8 Å². The summed E-state index contributed by atoms with van der Waals surface area (Å²) >= 11 is 0. The average Bonchev–Trinajstić information content (AvgIpc) is 3.26. The van der Waals surface area contributed by atoms with E-state index in [1.807, 2.05) is 54.7 Å². The highest BCUT2D eigenvalue weighted by Gasteiger charge is 2.50. The van der Waals surface area contributed by atoms with E-state index in [9.17, 15) is 0 Å². The standard InChI is InChI=1S/C19H19N3O2/c1-18(16-8-4-2-5-9-16)15-23-19(24-18,14-22-13-12-20-21-22)17-10-6-3-7-11-17/h2-13H,14-15H2,1H3. The number of ether oxygens (including phenoxy) is 2. The van der Waals surface area contributed by atoms with Crippen LogP contribution in [0.15, 0.2) is 73.1 Å². The molecule has 2 heterocycles. The lowest BCUT2D eigenvalue weighted by Gasteiger charge is -2.31. The van der Waals surface area contributed by atoms with Gasteiger partial charge in [-0.15, -0.1) is 5.10 Å². The molecule has 0 amide bonds. The van der Waals surface area contributed by atoms with Gasteiger partial charge >= 0.3 is 0 Å². The Morgan fingerprint density at radius 2 is 1.67 bits per heavy atom. The summed E-state index contributed by atoms with van der Waals surface area (Å²) in [6.07, 6.45) is 3.47. The molecule has 1 aromatic heterocycles. The third kappa shape index (κ3) is 2.62. The van der Waals surface area contributed by atoms with E-state index in [2.05, 4.69) is 29.4 Å². The van der Waals surface area contributed by atoms with Gasteiger partial charge in [0.05, 0.1) is 12.8 Å². The molecule has 0 saturated carbocycles. The number of hydrogen-bond acceptors (Lipinski definition) is 4. The summed E-state index contributed by atoms with van der Waals surface area (Å²) in [5.41, 5.74) is 1.55. The van der Waals surface area contributed by atoms with Crippen molar-refractivity contribution in [3.05, 3.63) is 84.2 Å². The molecule has 0 radical (unpaired) electrons. The first-order valence-electron chi connectivity index (χ1n) is 8.00. The van der Waals surface area contributed by atoms with E-state index in [0.717, 1.165) is 11.1 Å². The first-order valence-corrected chi connectivity index (χ1v) is 8.00. The smallest absolute Gasteiger partial charge is 0.216 e. The van der Waals surface area contributed by atoms with Crippen molar-refractivity contribution in [3.63, 3.8) is 0 Å².